The van der Waals surface area contributed by atoms with Crippen molar-refractivity contribution in [2.24, 2.45) is 0 Å². The molecule has 0 fully saturated rings. The molecular formula is C18H20ClF3O3S2. The van der Waals surface area contributed by atoms with Crippen LogP contribution in [0.4, 0.5) is 13.2 Å². The third kappa shape index (κ3) is 8.13. The molecule has 150 valence electrons. The monoisotopic (exact) mass is 440 g/mol. The summed E-state index contributed by atoms with van der Waals surface area (Å²) in [6, 6.07) is 19.5. The minimum absolute atomic E-state index is 0.00677. The fourth-order valence-corrected chi connectivity index (χ4v) is 4.28. The molecule has 0 amide bonds. The van der Waals surface area contributed by atoms with Crippen LogP contribution in [0.2, 0.25) is 0 Å². The van der Waals surface area contributed by atoms with Crippen LogP contribution >= 0.6 is 11.6 Å². The lowest BCUT2D eigenvalue weighted by Crippen LogP contribution is -2.21. The van der Waals surface area contributed by atoms with Crippen molar-refractivity contribution in [3.63, 3.8) is 0 Å². The first-order chi connectivity index (χ1) is 12.6. The fraction of sp³-hybridized carbons (Fsp3) is 0.333. The van der Waals surface area contributed by atoms with Gasteiger partial charge in [-0.15, -0.1) is 0 Å². The van der Waals surface area contributed by atoms with Gasteiger partial charge < -0.3 is 4.55 Å². The largest absolute Gasteiger partial charge is 0.741 e. The molecule has 0 saturated heterocycles. The number of hydrogen-bond donors (Lipinski definition) is 0. The van der Waals surface area contributed by atoms with Crippen LogP contribution in [0.3, 0.4) is 0 Å². The molecule has 0 bridgehead atoms. The average Bonchev–Trinajstić information content (AvgIpc) is 2.61. The van der Waals surface area contributed by atoms with E-state index >= 15 is 0 Å². The predicted octanol–water partition coefficient (Wildman–Crippen LogP) is 5.31. The first-order valence-corrected chi connectivity index (χ1v) is 11.4. The Balaban J connectivity index is 0.000000387. The van der Waals surface area contributed by atoms with E-state index in [0.29, 0.717) is 5.21 Å². The number of unbranched alkanes of at least 4 members (excludes halogenated alkanes) is 1. The highest BCUT2D eigenvalue weighted by Crippen LogP contribution is 2.25. The first-order valence-electron chi connectivity index (χ1n) is 8.03. The molecule has 0 aromatic heterocycles. The minimum Gasteiger partial charge on any atom is -0.741 e. The normalized spacial score (nSPS) is 12.8. The average molecular weight is 441 g/mol. The van der Waals surface area contributed by atoms with Crippen molar-refractivity contribution in [3.8, 4) is 0 Å². The van der Waals surface area contributed by atoms with Gasteiger partial charge in [0.2, 0.25) is 0 Å². The van der Waals surface area contributed by atoms with E-state index in [-0.39, 0.29) is 10.9 Å². The van der Waals surface area contributed by atoms with Crippen LogP contribution in [-0.4, -0.2) is 23.7 Å². The van der Waals surface area contributed by atoms with Gasteiger partial charge in [-0.2, -0.15) is 13.2 Å². The van der Waals surface area contributed by atoms with E-state index in [1.54, 1.807) is 0 Å². The molecular weight excluding hydrogens is 421 g/mol. The van der Waals surface area contributed by atoms with Gasteiger partial charge in [0.1, 0.15) is 0 Å². The molecule has 1 unspecified atom stereocenters. The molecule has 0 saturated carbocycles. The van der Waals surface area contributed by atoms with Crippen molar-refractivity contribution in [3.05, 3.63) is 60.2 Å². The van der Waals surface area contributed by atoms with Crippen molar-refractivity contribution in [1.82, 2.24) is 0 Å². The van der Waals surface area contributed by atoms with Crippen molar-refractivity contribution in [2.45, 2.75) is 41.5 Å². The molecule has 0 radical (unpaired) electrons. The van der Waals surface area contributed by atoms with Crippen molar-refractivity contribution in [2.75, 3.05) is 5.21 Å². The molecule has 2 aromatic rings. The van der Waals surface area contributed by atoms with Gasteiger partial charge in [0.25, 0.3) is 0 Å². The Morgan fingerprint density at radius 2 is 1.48 bits per heavy atom. The third-order valence-electron chi connectivity index (χ3n) is 3.45. The molecule has 1 atom stereocenters. The van der Waals surface area contributed by atoms with Crippen LogP contribution in [0.5, 0.6) is 0 Å². The Morgan fingerprint density at radius 3 is 1.89 bits per heavy atom. The zero-order valence-corrected chi connectivity index (χ0v) is 17.0. The molecule has 2 rings (SSSR count). The fourth-order valence-electron chi connectivity index (χ4n) is 2.05. The Kier molecular flexibility index (Phi) is 9.66. The maximum atomic E-state index is 10.7. The molecule has 0 aliphatic carbocycles. The Morgan fingerprint density at radius 1 is 1.00 bits per heavy atom. The Hall–Kier alpha value is -1.22. The van der Waals surface area contributed by atoms with Crippen molar-refractivity contribution in [1.29, 1.82) is 0 Å². The van der Waals surface area contributed by atoms with E-state index in [4.69, 9.17) is 24.6 Å². The van der Waals surface area contributed by atoms with Crippen LogP contribution in [0, 0.1) is 0 Å². The lowest BCUT2D eigenvalue weighted by molar-refractivity contribution is -0.0517. The van der Waals surface area contributed by atoms with Crippen LogP contribution in [0.1, 0.15) is 25.3 Å². The maximum absolute atomic E-state index is 10.7. The zero-order chi connectivity index (χ0) is 20.5. The van der Waals surface area contributed by atoms with E-state index in [1.165, 1.54) is 34.6 Å². The van der Waals surface area contributed by atoms with Crippen molar-refractivity contribution >= 4 is 32.6 Å². The summed E-state index contributed by atoms with van der Waals surface area (Å²) in [6.45, 7) is 2.23. The number of rotatable bonds is 6. The standard InChI is InChI=1S/C17H20ClS.CHF3O3S/c1-2-3-7-15-10-12-17(13-11-15)19(14-18)16-8-5-4-6-9-16;2-1(3,4)8(5,6)7/h4-6,8-13H,2-3,7,14H2,1H3;(H,5,6,7)/q+1;/p-1. The van der Waals surface area contributed by atoms with Crippen LogP contribution in [0.25, 0.3) is 0 Å². The molecule has 0 heterocycles. The lowest BCUT2D eigenvalue weighted by atomic mass is 10.1. The third-order valence-corrected chi connectivity index (χ3v) is 6.57. The van der Waals surface area contributed by atoms with Crippen LogP contribution in [0.15, 0.2) is 64.4 Å². The summed E-state index contributed by atoms with van der Waals surface area (Å²) in [5.41, 5.74) is -4.22. The summed E-state index contributed by atoms with van der Waals surface area (Å²) in [7, 11) is -6.10. The molecule has 0 aliphatic rings. The number of alkyl halides is 4. The van der Waals surface area contributed by atoms with Crippen molar-refractivity contribution < 1.29 is 26.1 Å². The van der Waals surface area contributed by atoms with Gasteiger partial charge in [-0.3, -0.25) is 0 Å². The van der Waals surface area contributed by atoms with E-state index in [1.807, 2.05) is 6.07 Å². The highest BCUT2D eigenvalue weighted by atomic mass is 35.5. The molecule has 2 aromatic carbocycles. The highest BCUT2D eigenvalue weighted by molar-refractivity contribution is 7.98. The molecule has 0 aliphatic heterocycles. The summed E-state index contributed by atoms with van der Waals surface area (Å²) in [5.74, 6) is 0. The summed E-state index contributed by atoms with van der Waals surface area (Å²) in [5, 5.41) is 0.651. The van der Waals surface area contributed by atoms with Gasteiger partial charge in [0.15, 0.2) is 25.1 Å². The quantitative estimate of drug-likeness (QED) is 0.264. The second kappa shape index (κ2) is 10.9. The van der Waals surface area contributed by atoms with Gasteiger partial charge >= 0.3 is 5.51 Å². The summed E-state index contributed by atoms with van der Waals surface area (Å²) in [4.78, 5) is 2.65. The first kappa shape index (κ1) is 23.8. The van der Waals surface area contributed by atoms with E-state index in [9.17, 15) is 13.2 Å². The minimum atomic E-state index is -6.09. The number of halogens is 4. The summed E-state index contributed by atoms with van der Waals surface area (Å²) in [6.07, 6.45) is 3.69. The van der Waals surface area contributed by atoms with Crippen LogP contribution < -0.4 is 0 Å². The number of benzene rings is 2. The molecule has 9 heteroatoms. The van der Waals surface area contributed by atoms with Gasteiger partial charge in [-0.05, 0) is 42.7 Å². The highest BCUT2D eigenvalue weighted by Gasteiger charge is 2.36. The van der Waals surface area contributed by atoms with E-state index in [2.05, 4.69) is 55.5 Å². The maximum Gasteiger partial charge on any atom is 0.485 e. The van der Waals surface area contributed by atoms with Crippen LogP contribution in [-0.2, 0) is 27.4 Å². The molecule has 3 nitrogen and oxygen atoms in total. The van der Waals surface area contributed by atoms with E-state index in [0.717, 1.165) is 0 Å². The Bertz CT molecular complexity index is 780. The summed E-state index contributed by atoms with van der Waals surface area (Å²) >= 11 is 6.17. The van der Waals surface area contributed by atoms with Gasteiger partial charge in [-0.1, -0.05) is 55.3 Å². The van der Waals surface area contributed by atoms with E-state index < -0.39 is 15.6 Å². The topological polar surface area (TPSA) is 57.2 Å². The Labute approximate surface area is 165 Å². The predicted molar refractivity (Wildman–Crippen MR) is 102 cm³/mol. The molecule has 0 spiro atoms. The van der Waals surface area contributed by atoms with Gasteiger partial charge in [0.05, 0.1) is 10.9 Å². The zero-order valence-electron chi connectivity index (χ0n) is 14.6. The SMILES string of the molecule is CCCCc1ccc([S+](CCl)c2ccccc2)cc1.O=S(=O)([O-])C(F)(F)F. The van der Waals surface area contributed by atoms with Gasteiger partial charge in [0, 0.05) is 0 Å². The summed E-state index contributed by atoms with van der Waals surface area (Å²) < 4.78 is 58.9. The number of aryl methyl sites for hydroxylation is 1. The second-order valence-electron chi connectivity index (χ2n) is 5.46. The molecule has 0 N–H and O–H groups in total. The second-order valence-corrected chi connectivity index (χ2v) is 9.43. The smallest absolute Gasteiger partial charge is 0.485 e. The van der Waals surface area contributed by atoms with Gasteiger partial charge in [-0.25, -0.2) is 8.42 Å². The number of hydrogen-bond acceptors (Lipinski definition) is 3. The molecule has 27 heavy (non-hydrogen) atoms. The lowest BCUT2D eigenvalue weighted by Gasteiger charge is -2.08.